The van der Waals surface area contributed by atoms with Gasteiger partial charge in [0.2, 0.25) is 0 Å². The molecule has 0 radical (unpaired) electrons. The maximum Gasteiger partial charge on any atom is 0.182 e. The first-order valence-electron chi connectivity index (χ1n) is 9.00. The first-order chi connectivity index (χ1) is 12.5. The number of methoxy groups -OCH3 is 1. The van der Waals surface area contributed by atoms with Crippen molar-refractivity contribution in [1.82, 2.24) is 4.57 Å². The van der Waals surface area contributed by atoms with Crippen LogP contribution in [0.5, 0.6) is 11.5 Å². The molecule has 2 aromatic rings. The molecule has 0 spiro atoms. The quantitative estimate of drug-likeness (QED) is 0.713. The molecule has 1 heterocycles. The Morgan fingerprint density at radius 1 is 1.12 bits per heavy atom. The summed E-state index contributed by atoms with van der Waals surface area (Å²) in [6.45, 7) is 4.52. The summed E-state index contributed by atoms with van der Waals surface area (Å²) in [5.41, 5.74) is 2.09. The van der Waals surface area contributed by atoms with E-state index in [1.54, 1.807) is 37.4 Å². The highest BCUT2D eigenvalue weighted by molar-refractivity contribution is 5.96. The Morgan fingerprint density at radius 3 is 2.38 bits per heavy atom. The van der Waals surface area contributed by atoms with Crippen molar-refractivity contribution in [2.45, 2.75) is 39.7 Å². The second kappa shape index (κ2) is 7.77. The van der Waals surface area contributed by atoms with Gasteiger partial charge in [0.15, 0.2) is 22.7 Å². The number of aromatic nitrogens is 1. The number of benzene rings is 1. The number of rotatable bonds is 7. The predicted molar refractivity (Wildman–Crippen MR) is 100 cm³/mol. The van der Waals surface area contributed by atoms with E-state index in [0.717, 1.165) is 11.4 Å². The molecule has 1 aliphatic rings. The zero-order chi connectivity index (χ0) is 18.7. The molecule has 26 heavy (non-hydrogen) atoms. The zero-order valence-electron chi connectivity index (χ0n) is 15.6. The van der Waals surface area contributed by atoms with Gasteiger partial charge >= 0.3 is 0 Å². The van der Waals surface area contributed by atoms with Crippen LogP contribution in [0.15, 0.2) is 35.1 Å². The fourth-order valence-electron chi connectivity index (χ4n) is 3.20. The van der Waals surface area contributed by atoms with Crippen LogP contribution >= 0.6 is 0 Å². The molecule has 0 aliphatic heterocycles. The van der Waals surface area contributed by atoms with Gasteiger partial charge in [0.05, 0.1) is 20.3 Å². The Labute approximate surface area is 153 Å². The van der Waals surface area contributed by atoms with Crippen LogP contribution in [0.2, 0.25) is 0 Å². The van der Waals surface area contributed by atoms with Crippen LogP contribution in [0.4, 0.5) is 0 Å². The van der Waals surface area contributed by atoms with Crippen molar-refractivity contribution >= 4 is 5.78 Å². The lowest BCUT2D eigenvalue weighted by Gasteiger charge is -2.25. The van der Waals surface area contributed by atoms with Gasteiger partial charge in [-0.2, -0.15) is 0 Å². The lowest BCUT2D eigenvalue weighted by molar-refractivity contribution is 0.0969. The number of carbonyl (C=O) groups is 1. The van der Waals surface area contributed by atoms with E-state index in [1.165, 1.54) is 19.3 Å². The average molecular weight is 355 g/mol. The molecule has 0 atom stereocenters. The van der Waals surface area contributed by atoms with Crippen molar-refractivity contribution in [3.05, 3.63) is 57.5 Å². The highest BCUT2D eigenvalue weighted by Crippen LogP contribution is 2.32. The zero-order valence-corrected chi connectivity index (χ0v) is 15.6. The summed E-state index contributed by atoms with van der Waals surface area (Å²) in [6, 6.07) is 8.37. The second-order valence-electron chi connectivity index (χ2n) is 6.96. The van der Waals surface area contributed by atoms with E-state index in [2.05, 4.69) is 0 Å². The number of Topliss-reactive ketones (excluding diaryl/α,β-unsaturated/α-hetero) is 1. The lowest BCUT2D eigenvalue weighted by atomic mass is 9.86. The standard InChI is InChI=1S/C21H25NO4/c1-14-9-18(23)10-15(2)22(14)12-19(24)17-7-8-20(25-3)21(11-17)26-13-16-5-4-6-16/h7-11,16H,4-6,12-13H2,1-3H3. The molecular weight excluding hydrogens is 330 g/mol. The van der Waals surface area contributed by atoms with Crippen LogP contribution in [-0.4, -0.2) is 24.1 Å². The maximum atomic E-state index is 12.8. The van der Waals surface area contributed by atoms with Crippen LogP contribution in [0.25, 0.3) is 0 Å². The highest BCUT2D eigenvalue weighted by Gasteiger charge is 2.19. The number of ketones is 1. The fourth-order valence-corrected chi connectivity index (χ4v) is 3.20. The normalized spacial score (nSPS) is 14.0. The fraction of sp³-hybridized carbons (Fsp3) is 0.429. The SMILES string of the molecule is COc1ccc(C(=O)Cn2c(C)cc(=O)cc2C)cc1OCC1CCC1. The highest BCUT2D eigenvalue weighted by atomic mass is 16.5. The van der Waals surface area contributed by atoms with Gasteiger partial charge in [-0.05, 0) is 50.8 Å². The van der Waals surface area contributed by atoms with Crippen LogP contribution < -0.4 is 14.9 Å². The Balaban J connectivity index is 1.79. The molecule has 0 bridgehead atoms. The van der Waals surface area contributed by atoms with E-state index in [-0.39, 0.29) is 17.8 Å². The summed E-state index contributed by atoms with van der Waals surface area (Å²) >= 11 is 0. The number of aryl methyl sites for hydroxylation is 2. The molecule has 138 valence electrons. The molecule has 1 saturated carbocycles. The average Bonchev–Trinajstić information content (AvgIpc) is 2.56. The Hall–Kier alpha value is -2.56. The van der Waals surface area contributed by atoms with Crippen molar-refractivity contribution < 1.29 is 14.3 Å². The summed E-state index contributed by atoms with van der Waals surface area (Å²) in [7, 11) is 1.60. The number of pyridine rings is 1. The van der Waals surface area contributed by atoms with Crippen molar-refractivity contribution in [1.29, 1.82) is 0 Å². The van der Waals surface area contributed by atoms with Crippen LogP contribution in [0.1, 0.15) is 41.0 Å². The third kappa shape index (κ3) is 3.98. The maximum absolute atomic E-state index is 12.8. The molecule has 1 aliphatic carbocycles. The van der Waals surface area contributed by atoms with E-state index in [0.29, 0.717) is 29.6 Å². The Bertz CT molecular complexity index is 839. The van der Waals surface area contributed by atoms with Crippen molar-refractivity contribution in [3.8, 4) is 11.5 Å². The Morgan fingerprint density at radius 2 is 1.81 bits per heavy atom. The first-order valence-corrected chi connectivity index (χ1v) is 9.00. The lowest BCUT2D eigenvalue weighted by Crippen LogP contribution is -2.20. The van der Waals surface area contributed by atoms with Crippen LogP contribution in [0.3, 0.4) is 0 Å². The number of carbonyl (C=O) groups excluding carboxylic acids is 1. The van der Waals surface area contributed by atoms with Gasteiger partial charge in [-0.15, -0.1) is 0 Å². The molecule has 3 rings (SSSR count). The van der Waals surface area contributed by atoms with Gasteiger partial charge in [0, 0.05) is 29.1 Å². The largest absolute Gasteiger partial charge is 0.493 e. The number of hydrogen-bond donors (Lipinski definition) is 0. The van der Waals surface area contributed by atoms with Gasteiger partial charge in [-0.1, -0.05) is 6.42 Å². The summed E-state index contributed by atoms with van der Waals surface area (Å²) in [4.78, 5) is 24.3. The van der Waals surface area contributed by atoms with E-state index in [9.17, 15) is 9.59 Å². The minimum atomic E-state index is -0.0418. The minimum Gasteiger partial charge on any atom is -0.493 e. The molecule has 1 fully saturated rings. The van der Waals surface area contributed by atoms with Crippen molar-refractivity contribution in [3.63, 3.8) is 0 Å². The van der Waals surface area contributed by atoms with E-state index in [4.69, 9.17) is 9.47 Å². The minimum absolute atomic E-state index is 0.0315. The molecular formula is C21H25NO4. The number of ether oxygens (including phenoxy) is 2. The third-order valence-corrected chi connectivity index (χ3v) is 5.04. The predicted octanol–water partition coefficient (Wildman–Crippen LogP) is 3.54. The molecule has 0 amide bonds. The summed E-state index contributed by atoms with van der Waals surface area (Å²) in [6.07, 6.45) is 3.67. The molecule has 5 nitrogen and oxygen atoms in total. The Kier molecular flexibility index (Phi) is 5.45. The van der Waals surface area contributed by atoms with Crippen molar-refractivity contribution in [2.24, 2.45) is 5.92 Å². The third-order valence-electron chi connectivity index (χ3n) is 5.04. The molecule has 0 N–H and O–H groups in total. The molecule has 1 aromatic heterocycles. The van der Waals surface area contributed by atoms with E-state index >= 15 is 0 Å². The molecule has 5 heteroatoms. The molecule has 0 unspecified atom stereocenters. The second-order valence-corrected chi connectivity index (χ2v) is 6.96. The van der Waals surface area contributed by atoms with Gasteiger partial charge in [0.1, 0.15) is 0 Å². The topological polar surface area (TPSA) is 57.5 Å². The first kappa shape index (κ1) is 18.2. The molecule has 0 saturated heterocycles. The van der Waals surface area contributed by atoms with E-state index in [1.807, 2.05) is 18.4 Å². The molecule has 1 aromatic carbocycles. The van der Waals surface area contributed by atoms with Gasteiger partial charge < -0.3 is 14.0 Å². The summed E-state index contributed by atoms with van der Waals surface area (Å²) < 4.78 is 13.1. The monoisotopic (exact) mass is 355 g/mol. The van der Waals surface area contributed by atoms with Crippen molar-refractivity contribution in [2.75, 3.05) is 13.7 Å². The summed E-state index contributed by atoms with van der Waals surface area (Å²) in [5, 5.41) is 0. The van der Waals surface area contributed by atoms with Gasteiger partial charge in [0.25, 0.3) is 0 Å². The summed E-state index contributed by atoms with van der Waals surface area (Å²) in [5.74, 6) is 1.82. The van der Waals surface area contributed by atoms with Crippen LogP contribution in [-0.2, 0) is 6.54 Å². The number of nitrogens with zero attached hydrogens (tertiary/aromatic N) is 1. The van der Waals surface area contributed by atoms with Gasteiger partial charge in [-0.25, -0.2) is 0 Å². The number of hydrogen-bond acceptors (Lipinski definition) is 4. The van der Waals surface area contributed by atoms with Gasteiger partial charge in [-0.3, -0.25) is 9.59 Å². The van der Waals surface area contributed by atoms with E-state index < -0.39 is 0 Å². The van der Waals surface area contributed by atoms with Crippen LogP contribution in [0, 0.1) is 19.8 Å². The smallest absolute Gasteiger partial charge is 0.182 e.